The number of carbonyl (C=O) groups excluding carboxylic acids is 1. The van der Waals surface area contributed by atoms with Crippen LogP contribution in [0.4, 0.5) is 5.82 Å². The first-order chi connectivity index (χ1) is 16.3. The van der Waals surface area contributed by atoms with Gasteiger partial charge in [0.15, 0.2) is 5.65 Å². The molecular weight excluding hydrogens is 424 g/mol. The van der Waals surface area contributed by atoms with E-state index in [-0.39, 0.29) is 17.2 Å². The molecule has 7 heteroatoms. The largest absolute Gasteiger partial charge is 0.354 e. The lowest BCUT2D eigenvalue weighted by Crippen LogP contribution is -2.37. The Morgan fingerprint density at radius 1 is 1.06 bits per heavy atom. The van der Waals surface area contributed by atoms with Crippen molar-refractivity contribution in [2.75, 3.05) is 31.1 Å². The lowest BCUT2D eigenvalue weighted by molar-refractivity contribution is -0.132. The number of benzene rings is 1. The summed E-state index contributed by atoms with van der Waals surface area (Å²) in [7, 11) is 0. The highest BCUT2D eigenvalue weighted by Gasteiger charge is 2.26. The SMILES string of the molecule is CCCC(C)c1nc(N2CCCN(C(=O)CC(C)(C)C)CC2)c2cnn(-c3ccccc3)c2n1. The van der Waals surface area contributed by atoms with Crippen LogP contribution in [0.15, 0.2) is 36.5 Å². The Morgan fingerprint density at radius 3 is 2.53 bits per heavy atom. The van der Waals surface area contributed by atoms with E-state index in [1.807, 2.05) is 46.1 Å². The Balaban J connectivity index is 1.68. The molecule has 1 amide bonds. The molecule has 0 saturated carbocycles. The number of para-hydroxylation sites is 1. The van der Waals surface area contributed by atoms with E-state index in [2.05, 4.69) is 39.5 Å². The van der Waals surface area contributed by atoms with Crippen LogP contribution < -0.4 is 4.90 Å². The van der Waals surface area contributed by atoms with Crippen LogP contribution in [0.3, 0.4) is 0 Å². The van der Waals surface area contributed by atoms with E-state index < -0.39 is 0 Å². The molecular formula is C27H38N6O. The molecule has 1 aliphatic heterocycles. The molecule has 7 nitrogen and oxygen atoms in total. The average molecular weight is 463 g/mol. The smallest absolute Gasteiger partial charge is 0.223 e. The second kappa shape index (κ2) is 10.1. The number of amides is 1. The maximum absolute atomic E-state index is 12.9. The van der Waals surface area contributed by atoms with E-state index >= 15 is 0 Å². The van der Waals surface area contributed by atoms with Crippen molar-refractivity contribution < 1.29 is 4.79 Å². The maximum atomic E-state index is 12.9. The summed E-state index contributed by atoms with van der Waals surface area (Å²) in [6.07, 6.45) is 5.52. The van der Waals surface area contributed by atoms with Gasteiger partial charge in [0, 0.05) is 38.5 Å². The van der Waals surface area contributed by atoms with Crippen molar-refractivity contribution in [3.63, 3.8) is 0 Å². The molecule has 0 aliphatic carbocycles. The molecule has 0 bridgehead atoms. The molecule has 182 valence electrons. The van der Waals surface area contributed by atoms with Crippen molar-refractivity contribution in [3.05, 3.63) is 42.4 Å². The van der Waals surface area contributed by atoms with Gasteiger partial charge in [-0.3, -0.25) is 4.79 Å². The van der Waals surface area contributed by atoms with Crippen LogP contribution in [-0.4, -0.2) is 56.7 Å². The van der Waals surface area contributed by atoms with Crippen molar-refractivity contribution in [3.8, 4) is 5.69 Å². The number of aromatic nitrogens is 4. The molecule has 2 aromatic heterocycles. The van der Waals surface area contributed by atoms with Crippen molar-refractivity contribution in [1.29, 1.82) is 0 Å². The highest BCUT2D eigenvalue weighted by molar-refractivity contribution is 5.88. The second-order valence-corrected chi connectivity index (χ2v) is 10.7. The number of hydrogen-bond donors (Lipinski definition) is 0. The first-order valence-corrected chi connectivity index (χ1v) is 12.6. The Kier molecular flexibility index (Phi) is 7.19. The van der Waals surface area contributed by atoms with Crippen molar-refractivity contribution in [2.45, 2.75) is 66.2 Å². The van der Waals surface area contributed by atoms with Gasteiger partial charge in [0.25, 0.3) is 0 Å². The van der Waals surface area contributed by atoms with Crippen molar-refractivity contribution >= 4 is 22.8 Å². The quantitative estimate of drug-likeness (QED) is 0.504. The number of nitrogens with zero attached hydrogens (tertiary/aromatic N) is 6. The van der Waals surface area contributed by atoms with Gasteiger partial charge in [-0.25, -0.2) is 14.6 Å². The van der Waals surface area contributed by atoms with Gasteiger partial charge in [-0.1, -0.05) is 59.2 Å². The van der Waals surface area contributed by atoms with Gasteiger partial charge in [0.2, 0.25) is 5.91 Å². The lowest BCUT2D eigenvalue weighted by Gasteiger charge is -2.26. The predicted octanol–water partition coefficient (Wildman–Crippen LogP) is 5.19. The molecule has 0 N–H and O–H groups in total. The van der Waals surface area contributed by atoms with Crippen LogP contribution in [0, 0.1) is 5.41 Å². The zero-order chi connectivity index (χ0) is 24.3. The van der Waals surface area contributed by atoms with E-state index in [0.29, 0.717) is 13.0 Å². The Hall–Kier alpha value is -2.96. The normalized spacial score (nSPS) is 16.0. The number of fused-ring (bicyclic) bond motifs is 1. The van der Waals surface area contributed by atoms with E-state index in [4.69, 9.17) is 15.1 Å². The molecule has 3 heterocycles. The third-order valence-electron chi connectivity index (χ3n) is 6.42. The molecule has 4 rings (SSSR count). The van der Waals surface area contributed by atoms with Crippen LogP contribution in [0.25, 0.3) is 16.7 Å². The second-order valence-electron chi connectivity index (χ2n) is 10.7. The fourth-order valence-corrected chi connectivity index (χ4v) is 4.64. The number of carbonyl (C=O) groups is 1. The summed E-state index contributed by atoms with van der Waals surface area (Å²) in [6.45, 7) is 13.9. The van der Waals surface area contributed by atoms with Gasteiger partial charge in [-0.2, -0.15) is 5.10 Å². The Morgan fingerprint density at radius 2 is 1.82 bits per heavy atom. The summed E-state index contributed by atoms with van der Waals surface area (Å²) >= 11 is 0. The monoisotopic (exact) mass is 462 g/mol. The lowest BCUT2D eigenvalue weighted by atomic mass is 9.91. The molecule has 1 saturated heterocycles. The van der Waals surface area contributed by atoms with E-state index in [9.17, 15) is 4.79 Å². The van der Waals surface area contributed by atoms with Crippen LogP contribution in [0.5, 0.6) is 0 Å². The molecule has 1 unspecified atom stereocenters. The highest BCUT2D eigenvalue weighted by Crippen LogP contribution is 2.30. The standard InChI is InChI=1S/C27H38N6O/c1-6-11-20(2)24-29-25(22-19-28-33(26(22)30-24)21-12-8-7-9-13-21)32-15-10-14-31(16-17-32)23(34)18-27(3,4)5/h7-9,12-13,19-20H,6,10-11,14-18H2,1-5H3. The summed E-state index contributed by atoms with van der Waals surface area (Å²) in [4.78, 5) is 27.3. The molecule has 1 fully saturated rings. The third-order valence-corrected chi connectivity index (χ3v) is 6.42. The van der Waals surface area contributed by atoms with Crippen molar-refractivity contribution in [1.82, 2.24) is 24.6 Å². The first-order valence-electron chi connectivity index (χ1n) is 12.6. The highest BCUT2D eigenvalue weighted by atomic mass is 16.2. The zero-order valence-corrected chi connectivity index (χ0v) is 21.3. The number of rotatable bonds is 6. The minimum Gasteiger partial charge on any atom is -0.354 e. The predicted molar refractivity (Wildman–Crippen MR) is 137 cm³/mol. The van der Waals surface area contributed by atoms with E-state index in [1.54, 1.807) is 0 Å². The van der Waals surface area contributed by atoms with Gasteiger partial charge in [0.1, 0.15) is 11.6 Å². The molecule has 0 spiro atoms. The van der Waals surface area contributed by atoms with Gasteiger partial charge >= 0.3 is 0 Å². The summed E-state index contributed by atoms with van der Waals surface area (Å²) in [5.74, 6) is 2.32. The fourth-order valence-electron chi connectivity index (χ4n) is 4.64. The zero-order valence-electron chi connectivity index (χ0n) is 21.3. The van der Waals surface area contributed by atoms with E-state index in [0.717, 1.165) is 67.3 Å². The average Bonchev–Trinajstić information content (AvgIpc) is 3.07. The van der Waals surface area contributed by atoms with Gasteiger partial charge in [-0.15, -0.1) is 0 Å². The number of anilines is 1. The molecule has 1 aromatic carbocycles. The molecule has 1 atom stereocenters. The van der Waals surface area contributed by atoms with E-state index in [1.165, 1.54) is 0 Å². The van der Waals surface area contributed by atoms with Crippen molar-refractivity contribution in [2.24, 2.45) is 5.41 Å². The van der Waals surface area contributed by atoms with Crippen LogP contribution in [-0.2, 0) is 4.79 Å². The minimum atomic E-state index is -0.00175. The van der Waals surface area contributed by atoms with Crippen LogP contribution in [0.1, 0.15) is 72.0 Å². The Labute approximate surface area is 203 Å². The number of hydrogen-bond acceptors (Lipinski definition) is 5. The van der Waals surface area contributed by atoms with Gasteiger partial charge in [-0.05, 0) is 30.4 Å². The molecule has 0 radical (unpaired) electrons. The van der Waals surface area contributed by atoms with Gasteiger partial charge < -0.3 is 9.80 Å². The molecule has 3 aromatic rings. The molecule has 34 heavy (non-hydrogen) atoms. The summed E-state index contributed by atoms with van der Waals surface area (Å²) in [5, 5.41) is 5.66. The fraction of sp³-hybridized carbons (Fsp3) is 0.556. The third kappa shape index (κ3) is 5.40. The summed E-state index contributed by atoms with van der Waals surface area (Å²) in [6, 6.07) is 10.1. The van der Waals surface area contributed by atoms with Crippen LogP contribution in [0.2, 0.25) is 0 Å². The maximum Gasteiger partial charge on any atom is 0.223 e. The summed E-state index contributed by atoms with van der Waals surface area (Å²) < 4.78 is 1.92. The topological polar surface area (TPSA) is 67.2 Å². The Bertz CT molecular complexity index is 1120. The summed E-state index contributed by atoms with van der Waals surface area (Å²) in [5.41, 5.74) is 1.84. The minimum absolute atomic E-state index is 0.00175. The van der Waals surface area contributed by atoms with Gasteiger partial charge in [0.05, 0.1) is 17.3 Å². The van der Waals surface area contributed by atoms with Crippen LogP contribution >= 0.6 is 0 Å². The molecule has 1 aliphatic rings. The first kappa shape index (κ1) is 24.2.